The van der Waals surface area contributed by atoms with E-state index >= 15 is 0 Å². The van der Waals surface area contributed by atoms with E-state index in [0.717, 1.165) is 30.9 Å². The Balaban J connectivity index is 0.00000256. The Kier molecular flexibility index (Phi) is 13.1. The van der Waals surface area contributed by atoms with Gasteiger partial charge in [0.15, 0.2) is 0 Å². The minimum Gasteiger partial charge on any atom is -1.00 e. The fourth-order valence-corrected chi connectivity index (χ4v) is 4.87. The number of likely N-dealkylation sites (tertiary alicyclic amines) is 1. The van der Waals surface area contributed by atoms with Gasteiger partial charge < -0.3 is 32.1 Å². The van der Waals surface area contributed by atoms with Crippen molar-refractivity contribution in [3.05, 3.63) is 59.7 Å². The minimum atomic E-state index is 0. The lowest BCUT2D eigenvalue weighted by Gasteiger charge is -2.39. The van der Waals surface area contributed by atoms with Crippen molar-refractivity contribution < 1.29 is 26.4 Å². The van der Waals surface area contributed by atoms with E-state index < -0.39 is 0 Å². The van der Waals surface area contributed by atoms with Crippen LogP contribution in [0.1, 0.15) is 43.2 Å². The van der Waals surface area contributed by atoms with Crippen LogP contribution in [-0.2, 0) is 12.8 Å². The van der Waals surface area contributed by atoms with E-state index in [0.29, 0.717) is 6.04 Å². The standard InChI is InChI=1S/C26H39N2O2.2ClH/c1-29-25-14-10-22(11-15-25)7-5-19-28(18-4-3-9-24(27)21-28)20-6-8-23-12-16-26(30-2)17-13-23;;/h10-17,24H,3-9,18-21,27H2,1-2H3;2*1H/q+1;;/p-1. The smallest absolute Gasteiger partial charge is 0.118 e. The summed E-state index contributed by atoms with van der Waals surface area (Å²) < 4.78 is 11.7. The van der Waals surface area contributed by atoms with Gasteiger partial charge in [0, 0.05) is 12.8 Å². The van der Waals surface area contributed by atoms with Gasteiger partial charge in [-0.3, -0.25) is 0 Å². The molecule has 0 radical (unpaired) electrons. The third-order valence-corrected chi connectivity index (χ3v) is 6.59. The second-order valence-electron chi connectivity index (χ2n) is 8.85. The number of halogens is 2. The first kappa shape index (κ1) is 28.6. The molecule has 3 rings (SSSR count). The second-order valence-corrected chi connectivity index (χ2v) is 8.85. The molecule has 1 aliphatic rings. The number of methoxy groups -OCH3 is 2. The minimum absolute atomic E-state index is 0. The Bertz CT molecular complexity index is 700. The van der Waals surface area contributed by atoms with Crippen LogP contribution >= 0.6 is 12.4 Å². The Hall–Kier alpha value is -1.46. The van der Waals surface area contributed by atoms with Crippen LogP contribution in [0.25, 0.3) is 0 Å². The predicted molar refractivity (Wildman–Crippen MR) is 131 cm³/mol. The number of nitrogens with two attached hydrogens (primary N) is 1. The third kappa shape index (κ3) is 8.82. The molecule has 2 aromatic rings. The van der Waals surface area contributed by atoms with E-state index in [1.165, 1.54) is 67.3 Å². The number of quaternary nitrogens is 1. The van der Waals surface area contributed by atoms with Gasteiger partial charge in [0.2, 0.25) is 0 Å². The first-order valence-corrected chi connectivity index (χ1v) is 11.5. The Labute approximate surface area is 206 Å². The molecule has 4 nitrogen and oxygen atoms in total. The highest BCUT2D eigenvalue weighted by atomic mass is 35.5. The Morgan fingerprint density at radius 3 is 1.72 bits per heavy atom. The molecule has 1 aliphatic heterocycles. The lowest BCUT2D eigenvalue weighted by molar-refractivity contribution is -0.928. The van der Waals surface area contributed by atoms with Crippen LogP contribution in [0.5, 0.6) is 11.5 Å². The monoisotopic (exact) mass is 482 g/mol. The fourth-order valence-electron chi connectivity index (χ4n) is 4.87. The molecule has 2 N–H and O–H groups in total. The van der Waals surface area contributed by atoms with Crippen molar-refractivity contribution in [1.29, 1.82) is 0 Å². The molecule has 0 bridgehead atoms. The molecule has 1 unspecified atom stereocenters. The molecule has 180 valence electrons. The number of benzene rings is 2. The van der Waals surface area contributed by atoms with E-state index in [2.05, 4.69) is 48.5 Å². The average molecular weight is 484 g/mol. The largest absolute Gasteiger partial charge is 1.00 e. The lowest BCUT2D eigenvalue weighted by atomic mass is 10.1. The topological polar surface area (TPSA) is 44.5 Å². The van der Waals surface area contributed by atoms with Crippen molar-refractivity contribution in [2.45, 2.75) is 51.0 Å². The zero-order chi connectivity index (χ0) is 21.2. The molecule has 1 heterocycles. The van der Waals surface area contributed by atoms with Crippen LogP contribution < -0.4 is 27.6 Å². The van der Waals surface area contributed by atoms with Gasteiger partial charge in [-0.2, -0.15) is 0 Å². The molecule has 1 saturated heterocycles. The summed E-state index contributed by atoms with van der Waals surface area (Å²) in [6, 6.07) is 17.4. The van der Waals surface area contributed by atoms with Gasteiger partial charge in [-0.05, 0) is 67.5 Å². The Morgan fingerprint density at radius 1 is 0.812 bits per heavy atom. The van der Waals surface area contributed by atoms with Crippen LogP contribution in [0.4, 0.5) is 0 Å². The zero-order valence-corrected chi connectivity index (χ0v) is 21.2. The van der Waals surface area contributed by atoms with Crippen LogP contribution in [0, 0.1) is 0 Å². The maximum atomic E-state index is 6.50. The van der Waals surface area contributed by atoms with E-state index in [-0.39, 0.29) is 24.8 Å². The van der Waals surface area contributed by atoms with Gasteiger partial charge in [-0.15, -0.1) is 12.4 Å². The number of ether oxygens (including phenoxy) is 2. The van der Waals surface area contributed by atoms with Crippen molar-refractivity contribution in [2.75, 3.05) is 40.4 Å². The van der Waals surface area contributed by atoms with Crippen molar-refractivity contribution >= 4 is 12.4 Å². The molecule has 1 fully saturated rings. The van der Waals surface area contributed by atoms with E-state index in [4.69, 9.17) is 15.2 Å². The van der Waals surface area contributed by atoms with Crippen LogP contribution in [0.15, 0.2) is 48.5 Å². The number of hydrogen-bond acceptors (Lipinski definition) is 3. The number of hydrogen-bond donors (Lipinski definition) is 1. The van der Waals surface area contributed by atoms with E-state index in [9.17, 15) is 0 Å². The summed E-state index contributed by atoms with van der Waals surface area (Å²) >= 11 is 0. The molecule has 6 heteroatoms. The van der Waals surface area contributed by atoms with Crippen LogP contribution in [0.3, 0.4) is 0 Å². The van der Waals surface area contributed by atoms with Gasteiger partial charge in [-0.1, -0.05) is 24.3 Å². The molecule has 0 amide bonds. The average Bonchev–Trinajstić information content (AvgIpc) is 2.96. The van der Waals surface area contributed by atoms with Crippen molar-refractivity contribution in [3.63, 3.8) is 0 Å². The summed E-state index contributed by atoms with van der Waals surface area (Å²) in [6.07, 6.45) is 8.42. The third-order valence-electron chi connectivity index (χ3n) is 6.59. The maximum absolute atomic E-state index is 6.50. The van der Waals surface area contributed by atoms with Crippen molar-refractivity contribution in [3.8, 4) is 11.5 Å². The molecular formula is C26H40Cl2N2O2. The van der Waals surface area contributed by atoms with Gasteiger partial charge in [0.1, 0.15) is 11.5 Å². The second kappa shape index (κ2) is 14.6. The highest BCUT2D eigenvalue weighted by molar-refractivity contribution is 5.85. The lowest BCUT2D eigenvalue weighted by Crippen LogP contribution is -3.00. The molecule has 0 saturated carbocycles. The molecular weight excluding hydrogens is 443 g/mol. The highest BCUT2D eigenvalue weighted by Crippen LogP contribution is 2.22. The summed E-state index contributed by atoms with van der Waals surface area (Å²) in [5.41, 5.74) is 9.29. The Morgan fingerprint density at radius 2 is 1.28 bits per heavy atom. The predicted octanol–water partition coefficient (Wildman–Crippen LogP) is 2.02. The van der Waals surface area contributed by atoms with Gasteiger partial charge in [0.05, 0.1) is 46.4 Å². The first-order valence-electron chi connectivity index (χ1n) is 11.5. The van der Waals surface area contributed by atoms with Gasteiger partial charge >= 0.3 is 0 Å². The zero-order valence-electron chi connectivity index (χ0n) is 19.6. The van der Waals surface area contributed by atoms with Crippen molar-refractivity contribution in [1.82, 2.24) is 0 Å². The van der Waals surface area contributed by atoms with Crippen molar-refractivity contribution in [2.24, 2.45) is 5.73 Å². The molecule has 0 aliphatic carbocycles. The van der Waals surface area contributed by atoms with E-state index in [1.54, 1.807) is 14.2 Å². The quantitative estimate of drug-likeness (QED) is 0.526. The molecule has 2 aromatic carbocycles. The molecule has 0 spiro atoms. The van der Waals surface area contributed by atoms with E-state index in [1.807, 2.05) is 0 Å². The highest BCUT2D eigenvalue weighted by Gasteiger charge is 2.31. The molecule has 0 aromatic heterocycles. The van der Waals surface area contributed by atoms with Crippen LogP contribution in [0.2, 0.25) is 0 Å². The normalized spacial score (nSPS) is 17.4. The summed E-state index contributed by atoms with van der Waals surface area (Å²) in [4.78, 5) is 0. The first-order chi connectivity index (χ1) is 14.6. The SMILES string of the molecule is COc1ccc(CCC[N+]2(CCCc3ccc(OC)cc3)CCCCC(N)C2)cc1.Cl.[Cl-]. The molecule has 1 atom stereocenters. The number of aryl methyl sites for hydroxylation is 2. The summed E-state index contributed by atoms with van der Waals surface area (Å²) in [5.74, 6) is 1.86. The summed E-state index contributed by atoms with van der Waals surface area (Å²) in [6.45, 7) is 4.86. The maximum Gasteiger partial charge on any atom is 0.118 e. The van der Waals surface area contributed by atoms with Gasteiger partial charge in [0.25, 0.3) is 0 Å². The number of rotatable bonds is 10. The van der Waals surface area contributed by atoms with Crippen LogP contribution in [-0.4, -0.2) is 50.9 Å². The molecule has 32 heavy (non-hydrogen) atoms. The van der Waals surface area contributed by atoms with Gasteiger partial charge in [-0.25, -0.2) is 0 Å². The number of nitrogens with zero attached hydrogens (tertiary/aromatic N) is 1. The fraction of sp³-hybridized carbons (Fsp3) is 0.538. The summed E-state index contributed by atoms with van der Waals surface area (Å²) in [7, 11) is 3.44. The summed E-state index contributed by atoms with van der Waals surface area (Å²) in [5, 5.41) is 0.